The summed E-state index contributed by atoms with van der Waals surface area (Å²) in [5.41, 5.74) is 2.11. The van der Waals surface area contributed by atoms with E-state index in [1.54, 1.807) is 0 Å². The molecule has 0 aromatic heterocycles. The molecule has 2 heteroatoms. The second-order valence-electron chi connectivity index (χ2n) is 3.70. The number of para-hydroxylation sites is 1. The number of rotatable bonds is 1. The van der Waals surface area contributed by atoms with Crippen molar-refractivity contribution in [2.24, 2.45) is 4.99 Å². The van der Waals surface area contributed by atoms with Crippen molar-refractivity contribution in [3.8, 4) is 5.75 Å². The summed E-state index contributed by atoms with van der Waals surface area (Å²) in [7, 11) is 0. The summed E-state index contributed by atoms with van der Waals surface area (Å²) in [5.74, 6) is 0.895. The first-order chi connectivity index (χ1) is 7.93. The Hall–Kier alpha value is -2.09. The summed E-state index contributed by atoms with van der Waals surface area (Å²) in [6.07, 6.45) is 1.66. The van der Waals surface area contributed by atoms with Crippen LogP contribution in [0.1, 0.15) is 17.4 Å². The maximum atomic E-state index is 5.82. The van der Waals surface area contributed by atoms with Crippen molar-refractivity contribution in [3.63, 3.8) is 0 Å². The van der Waals surface area contributed by atoms with Gasteiger partial charge in [0.15, 0.2) is 0 Å². The second kappa shape index (κ2) is 3.81. The quantitative estimate of drug-likeness (QED) is 0.706. The Kier molecular flexibility index (Phi) is 2.18. The minimum absolute atomic E-state index is 0.212. The molecule has 0 N–H and O–H groups in total. The van der Waals surface area contributed by atoms with Crippen LogP contribution in [0.15, 0.2) is 59.6 Å². The number of aliphatic imine (C=N–C) groups is 1. The van der Waals surface area contributed by atoms with Crippen molar-refractivity contribution in [2.75, 3.05) is 0 Å². The molecular formula is C14H11NO. The topological polar surface area (TPSA) is 21.6 Å². The molecule has 1 unspecified atom stereocenters. The van der Waals surface area contributed by atoms with E-state index in [0.717, 1.165) is 16.9 Å². The number of ether oxygens (including phenoxy) is 1. The number of hydrogen-bond acceptors (Lipinski definition) is 2. The van der Waals surface area contributed by atoms with Crippen LogP contribution in [-0.4, -0.2) is 6.21 Å². The molecule has 0 bridgehead atoms. The minimum atomic E-state index is -0.212. The number of benzene rings is 2. The molecular weight excluding hydrogens is 198 g/mol. The van der Waals surface area contributed by atoms with E-state index in [1.807, 2.05) is 60.8 Å². The maximum absolute atomic E-state index is 5.82. The van der Waals surface area contributed by atoms with E-state index < -0.39 is 0 Å². The van der Waals surface area contributed by atoms with E-state index in [-0.39, 0.29) is 6.23 Å². The lowest BCUT2D eigenvalue weighted by molar-refractivity contribution is 0.212. The van der Waals surface area contributed by atoms with Gasteiger partial charge in [-0.25, -0.2) is 4.99 Å². The Balaban J connectivity index is 1.95. The Morgan fingerprint density at radius 1 is 0.875 bits per heavy atom. The van der Waals surface area contributed by atoms with E-state index in [9.17, 15) is 0 Å². The molecule has 1 aliphatic heterocycles. The summed E-state index contributed by atoms with van der Waals surface area (Å²) in [6, 6.07) is 18.0. The van der Waals surface area contributed by atoms with Crippen LogP contribution >= 0.6 is 0 Å². The first-order valence-corrected chi connectivity index (χ1v) is 5.27. The third-order valence-corrected chi connectivity index (χ3v) is 2.59. The summed E-state index contributed by atoms with van der Waals surface area (Å²) in [5, 5.41) is 0. The highest BCUT2D eigenvalue weighted by molar-refractivity contribution is 5.84. The number of nitrogens with zero attached hydrogens (tertiary/aromatic N) is 1. The zero-order valence-corrected chi connectivity index (χ0v) is 8.71. The van der Waals surface area contributed by atoms with Gasteiger partial charge in [0.2, 0.25) is 6.23 Å². The summed E-state index contributed by atoms with van der Waals surface area (Å²) in [6.45, 7) is 0. The molecule has 0 aliphatic carbocycles. The van der Waals surface area contributed by atoms with E-state index in [4.69, 9.17) is 4.74 Å². The maximum Gasteiger partial charge on any atom is 0.215 e. The summed E-state index contributed by atoms with van der Waals surface area (Å²) in [4.78, 5) is 4.39. The average molecular weight is 209 g/mol. The Morgan fingerprint density at radius 2 is 1.62 bits per heavy atom. The molecule has 0 spiro atoms. The molecule has 0 saturated carbocycles. The molecule has 1 aliphatic rings. The van der Waals surface area contributed by atoms with Gasteiger partial charge in [-0.15, -0.1) is 0 Å². The molecule has 78 valence electrons. The monoisotopic (exact) mass is 209 g/mol. The molecule has 0 saturated heterocycles. The first-order valence-electron chi connectivity index (χ1n) is 5.27. The molecule has 16 heavy (non-hydrogen) atoms. The van der Waals surface area contributed by atoms with Crippen LogP contribution in [0, 0.1) is 0 Å². The third-order valence-electron chi connectivity index (χ3n) is 2.59. The lowest BCUT2D eigenvalue weighted by Crippen LogP contribution is -2.10. The molecule has 3 rings (SSSR count). The van der Waals surface area contributed by atoms with Gasteiger partial charge in [-0.1, -0.05) is 42.5 Å². The molecule has 1 heterocycles. The standard InChI is InChI=1S/C14H11NO/c1-2-6-11(7-3-1)14-15-10-12-8-4-5-9-13(12)16-14/h1-10,14H. The minimum Gasteiger partial charge on any atom is -0.464 e. The van der Waals surface area contributed by atoms with Crippen molar-refractivity contribution in [2.45, 2.75) is 6.23 Å². The fourth-order valence-corrected chi connectivity index (χ4v) is 1.76. The van der Waals surface area contributed by atoms with Crippen molar-refractivity contribution in [1.29, 1.82) is 0 Å². The highest BCUT2D eigenvalue weighted by Gasteiger charge is 2.16. The number of fused-ring (bicyclic) bond motifs is 1. The lowest BCUT2D eigenvalue weighted by Gasteiger charge is -2.20. The zero-order valence-electron chi connectivity index (χ0n) is 8.71. The average Bonchev–Trinajstić information content (AvgIpc) is 2.39. The lowest BCUT2D eigenvalue weighted by atomic mass is 10.1. The van der Waals surface area contributed by atoms with Crippen molar-refractivity contribution < 1.29 is 4.74 Å². The molecule has 0 radical (unpaired) electrons. The van der Waals surface area contributed by atoms with Crippen LogP contribution in [0.4, 0.5) is 0 Å². The van der Waals surface area contributed by atoms with Crippen LogP contribution < -0.4 is 4.74 Å². The second-order valence-corrected chi connectivity index (χ2v) is 3.70. The highest BCUT2D eigenvalue weighted by Crippen LogP contribution is 2.29. The Labute approximate surface area is 94.2 Å². The van der Waals surface area contributed by atoms with Crippen molar-refractivity contribution >= 4 is 6.21 Å². The Bertz CT molecular complexity index is 519. The third kappa shape index (κ3) is 1.58. The van der Waals surface area contributed by atoms with Crippen molar-refractivity contribution in [3.05, 3.63) is 65.7 Å². The summed E-state index contributed by atoms with van der Waals surface area (Å²) < 4.78 is 5.82. The van der Waals surface area contributed by atoms with E-state index in [0.29, 0.717) is 0 Å². The SMILES string of the molecule is C1=NC(c2ccccc2)Oc2ccccc21. The van der Waals surface area contributed by atoms with Crippen LogP contribution in [-0.2, 0) is 0 Å². The Morgan fingerprint density at radius 3 is 2.50 bits per heavy atom. The van der Waals surface area contributed by atoms with Crippen LogP contribution in [0.5, 0.6) is 5.75 Å². The highest BCUT2D eigenvalue weighted by atomic mass is 16.5. The smallest absolute Gasteiger partial charge is 0.215 e. The van der Waals surface area contributed by atoms with Gasteiger partial charge in [-0.2, -0.15) is 0 Å². The molecule has 2 aromatic rings. The van der Waals surface area contributed by atoms with Gasteiger partial charge in [-0.3, -0.25) is 0 Å². The van der Waals surface area contributed by atoms with Gasteiger partial charge in [0, 0.05) is 17.3 Å². The van der Waals surface area contributed by atoms with E-state index in [2.05, 4.69) is 4.99 Å². The molecule has 2 aromatic carbocycles. The summed E-state index contributed by atoms with van der Waals surface area (Å²) >= 11 is 0. The van der Waals surface area contributed by atoms with Gasteiger partial charge < -0.3 is 4.74 Å². The molecule has 0 fully saturated rings. The van der Waals surface area contributed by atoms with Crippen LogP contribution in [0.2, 0.25) is 0 Å². The first kappa shape index (κ1) is 9.16. The normalized spacial score (nSPS) is 17.6. The fourth-order valence-electron chi connectivity index (χ4n) is 1.76. The van der Waals surface area contributed by atoms with Crippen LogP contribution in [0.25, 0.3) is 0 Å². The number of hydrogen-bond donors (Lipinski definition) is 0. The van der Waals surface area contributed by atoms with Gasteiger partial charge in [0.25, 0.3) is 0 Å². The largest absolute Gasteiger partial charge is 0.464 e. The molecule has 0 amide bonds. The predicted molar refractivity (Wildman–Crippen MR) is 63.8 cm³/mol. The van der Waals surface area contributed by atoms with Gasteiger partial charge >= 0.3 is 0 Å². The van der Waals surface area contributed by atoms with Crippen molar-refractivity contribution in [1.82, 2.24) is 0 Å². The van der Waals surface area contributed by atoms with Gasteiger partial charge in [-0.05, 0) is 12.1 Å². The molecule has 2 nitrogen and oxygen atoms in total. The molecule has 1 atom stereocenters. The van der Waals surface area contributed by atoms with Gasteiger partial charge in [0.1, 0.15) is 5.75 Å². The predicted octanol–water partition coefficient (Wildman–Crippen LogP) is 3.20. The van der Waals surface area contributed by atoms with Crippen LogP contribution in [0.3, 0.4) is 0 Å². The fraction of sp³-hybridized carbons (Fsp3) is 0.0714. The van der Waals surface area contributed by atoms with E-state index in [1.165, 1.54) is 0 Å². The van der Waals surface area contributed by atoms with Gasteiger partial charge in [0.05, 0.1) is 0 Å². The van der Waals surface area contributed by atoms with E-state index >= 15 is 0 Å². The zero-order chi connectivity index (χ0) is 10.8.